The van der Waals surface area contributed by atoms with Crippen LogP contribution >= 0.6 is 23.5 Å². The minimum absolute atomic E-state index is 0.0233. The Labute approximate surface area is 128 Å². The van der Waals surface area contributed by atoms with Crippen LogP contribution in [0.25, 0.3) is 0 Å². The summed E-state index contributed by atoms with van der Waals surface area (Å²) in [5, 5.41) is 2.91. The highest BCUT2D eigenvalue weighted by molar-refractivity contribution is 8.00. The van der Waals surface area contributed by atoms with Crippen LogP contribution in [-0.4, -0.2) is 17.9 Å². The molecule has 0 fully saturated rings. The number of anilines is 1. The summed E-state index contributed by atoms with van der Waals surface area (Å²) in [4.78, 5) is 14.3. The quantitative estimate of drug-likeness (QED) is 0.828. The molecule has 0 atom stereocenters. The molecule has 0 heterocycles. The number of nitrogens with one attached hydrogen (secondary N) is 1. The molecule has 104 valence electrons. The molecule has 20 heavy (non-hydrogen) atoms. The van der Waals surface area contributed by atoms with Crippen molar-refractivity contribution in [1.29, 1.82) is 0 Å². The van der Waals surface area contributed by atoms with E-state index in [-0.39, 0.29) is 5.91 Å². The van der Waals surface area contributed by atoms with E-state index in [1.807, 2.05) is 48.7 Å². The summed E-state index contributed by atoms with van der Waals surface area (Å²) in [6, 6.07) is 16.0. The lowest BCUT2D eigenvalue weighted by Gasteiger charge is -2.07. The zero-order chi connectivity index (χ0) is 14.4. The first-order valence-electron chi connectivity index (χ1n) is 6.31. The Bertz CT molecular complexity index is 581. The molecular weight excluding hydrogens is 286 g/mol. The maximum atomic E-state index is 11.9. The monoisotopic (exact) mass is 303 g/mol. The Morgan fingerprint density at radius 3 is 2.45 bits per heavy atom. The SMILES string of the molecule is CSc1ccc(NC(=O)CSc2ccccc2C)cc1. The molecule has 0 radical (unpaired) electrons. The summed E-state index contributed by atoms with van der Waals surface area (Å²) < 4.78 is 0. The molecular formula is C16H17NOS2. The molecule has 2 aromatic carbocycles. The van der Waals surface area contributed by atoms with Crippen molar-refractivity contribution in [2.45, 2.75) is 16.7 Å². The number of carbonyl (C=O) groups excluding carboxylic acids is 1. The van der Waals surface area contributed by atoms with Gasteiger partial charge in [-0.1, -0.05) is 18.2 Å². The molecule has 1 amide bonds. The lowest BCUT2D eigenvalue weighted by atomic mass is 10.2. The third-order valence-corrected chi connectivity index (χ3v) is 4.75. The van der Waals surface area contributed by atoms with Gasteiger partial charge >= 0.3 is 0 Å². The molecule has 0 spiro atoms. The first-order valence-corrected chi connectivity index (χ1v) is 8.52. The van der Waals surface area contributed by atoms with E-state index in [1.54, 1.807) is 23.5 Å². The zero-order valence-corrected chi connectivity index (χ0v) is 13.2. The Hall–Kier alpha value is -1.39. The lowest BCUT2D eigenvalue weighted by Crippen LogP contribution is -2.13. The van der Waals surface area contributed by atoms with Gasteiger partial charge in [0.2, 0.25) is 5.91 Å². The van der Waals surface area contributed by atoms with Crippen LogP contribution in [0, 0.1) is 6.92 Å². The maximum Gasteiger partial charge on any atom is 0.234 e. The van der Waals surface area contributed by atoms with Crippen LogP contribution in [0.3, 0.4) is 0 Å². The highest BCUT2D eigenvalue weighted by atomic mass is 32.2. The van der Waals surface area contributed by atoms with Crippen LogP contribution in [0.1, 0.15) is 5.56 Å². The first kappa shape index (κ1) is 15.0. The molecule has 0 bridgehead atoms. The number of rotatable bonds is 5. The number of carbonyl (C=O) groups is 1. The molecule has 0 unspecified atom stereocenters. The minimum atomic E-state index is 0.0233. The highest BCUT2D eigenvalue weighted by Gasteiger charge is 2.05. The van der Waals surface area contributed by atoms with Gasteiger partial charge in [0.1, 0.15) is 0 Å². The van der Waals surface area contributed by atoms with Gasteiger partial charge in [0, 0.05) is 15.5 Å². The number of hydrogen-bond acceptors (Lipinski definition) is 3. The van der Waals surface area contributed by atoms with Crippen LogP contribution < -0.4 is 5.32 Å². The van der Waals surface area contributed by atoms with E-state index in [9.17, 15) is 4.79 Å². The van der Waals surface area contributed by atoms with Crippen LogP contribution in [-0.2, 0) is 4.79 Å². The molecule has 0 saturated heterocycles. The Morgan fingerprint density at radius 1 is 1.10 bits per heavy atom. The average Bonchev–Trinajstić information content (AvgIpc) is 2.47. The molecule has 0 aliphatic heterocycles. The fourth-order valence-electron chi connectivity index (χ4n) is 1.73. The second-order valence-electron chi connectivity index (χ2n) is 4.33. The van der Waals surface area contributed by atoms with Crippen molar-refractivity contribution < 1.29 is 4.79 Å². The van der Waals surface area contributed by atoms with E-state index in [4.69, 9.17) is 0 Å². The van der Waals surface area contributed by atoms with Gasteiger partial charge in [-0.3, -0.25) is 4.79 Å². The molecule has 2 aromatic rings. The molecule has 2 nitrogen and oxygen atoms in total. The lowest BCUT2D eigenvalue weighted by molar-refractivity contribution is -0.113. The second kappa shape index (κ2) is 7.41. The van der Waals surface area contributed by atoms with E-state index >= 15 is 0 Å². The summed E-state index contributed by atoms with van der Waals surface area (Å²) in [6.45, 7) is 2.06. The number of amides is 1. The summed E-state index contributed by atoms with van der Waals surface area (Å²) in [7, 11) is 0. The Balaban J connectivity index is 1.87. The van der Waals surface area contributed by atoms with Gasteiger partial charge < -0.3 is 5.32 Å². The highest BCUT2D eigenvalue weighted by Crippen LogP contribution is 2.22. The molecule has 4 heteroatoms. The fourth-order valence-corrected chi connectivity index (χ4v) is 2.97. The van der Waals surface area contributed by atoms with Crippen molar-refractivity contribution in [2.24, 2.45) is 0 Å². The van der Waals surface area contributed by atoms with Crippen molar-refractivity contribution in [3.8, 4) is 0 Å². The van der Waals surface area contributed by atoms with Crippen molar-refractivity contribution in [3.63, 3.8) is 0 Å². The summed E-state index contributed by atoms with van der Waals surface area (Å²) >= 11 is 3.25. The summed E-state index contributed by atoms with van der Waals surface area (Å²) in [5.74, 6) is 0.449. The van der Waals surface area contributed by atoms with Crippen LogP contribution in [0.2, 0.25) is 0 Å². The molecule has 0 saturated carbocycles. The molecule has 2 rings (SSSR count). The molecule has 0 aliphatic rings. The smallest absolute Gasteiger partial charge is 0.234 e. The van der Waals surface area contributed by atoms with Crippen LogP contribution in [0.4, 0.5) is 5.69 Å². The van der Waals surface area contributed by atoms with Crippen molar-refractivity contribution in [3.05, 3.63) is 54.1 Å². The van der Waals surface area contributed by atoms with Gasteiger partial charge in [-0.25, -0.2) is 0 Å². The largest absolute Gasteiger partial charge is 0.325 e. The standard InChI is InChI=1S/C16H17NOS2/c1-12-5-3-4-6-15(12)20-11-16(18)17-13-7-9-14(19-2)10-8-13/h3-10H,11H2,1-2H3,(H,17,18). The van der Waals surface area contributed by atoms with Gasteiger partial charge in [-0.2, -0.15) is 0 Å². The van der Waals surface area contributed by atoms with Crippen LogP contribution in [0.15, 0.2) is 58.3 Å². The number of aryl methyl sites for hydroxylation is 1. The normalized spacial score (nSPS) is 10.3. The third-order valence-electron chi connectivity index (χ3n) is 2.83. The number of hydrogen-bond donors (Lipinski definition) is 1. The first-order chi connectivity index (χ1) is 9.69. The number of thioether (sulfide) groups is 2. The van der Waals surface area contributed by atoms with Crippen molar-refractivity contribution in [1.82, 2.24) is 0 Å². The van der Waals surface area contributed by atoms with E-state index in [0.29, 0.717) is 5.75 Å². The summed E-state index contributed by atoms with van der Waals surface area (Å²) in [5.41, 5.74) is 2.05. The average molecular weight is 303 g/mol. The van der Waals surface area contributed by atoms with E-state index in [2.05, 4.69) is 18.3 Å². The van der Waals surface area contributed by atoms with Gasteiger partial charge in [0.05, 0.1) is 5.75 Å². The minimum Gasteiger partial charge on any atom is -0.325 e. The second-order valence-corrected chi connectivity index (χ2v) is 6.23. The Morgan fingerprint density at radius 2 is 1.80 bits per heavy atom. The van der Waals surface area contributed by atoms with Crippen molar-refractivity contribution >= 4 is 35.1 Å². The maximum absolute atomic E-state index is 11.9. The van der Waals surface area contributed by atoms with Crippen LogP contribution in [0.5, 0.6) is 0 Å². The van der Waals surface area contributed by atoms with Gasteiger partial charge in [-0.05, 0) is 49.1 Å². The number of benzene rings is 2. The van der Waals surface area contributed by atoms with Gasteiger partial charge in [0.15, 0.2) is 0 Å². The fraction of sp³-hybridized carbons (Fsp3) is 0.188. The summed E-state index contributed by atoms with van der Waals surface area (Å²) in [6.07, 6.45) is 2.03. The van der Waals surface area contributed by atoms with E-state index < -0.39 is 0 Å². The predicted molar refractivity (Wildman–Crippen MR) is 88.8 cm³/mol. The zero-order valence-electron chi connectivity index (χ0n) is 11.6. The Kier molecular flexibility index (Phi) is 5.56. The van der Waals surface area contributed by atoms with Crippen molar-refractivity contribution in [2.75, 3.05) is 17.3 Å². The molecule has 0 aliphatic carbocycles. The van der Waals surface area contributed by atoms with E-state index in [0.717, 1.165) is 10.6 Å². The van der Waals surface area contributed by atoms with Gasteiger partial charge in [-0.15, -0.1) is 23.5 Å². The van der Waals surface area contributed by atoms with Gasteiger partial charge in [0.25, 0.3) is 0 Å². The third kappa shape index (κ3) is 4.32. The topological polar surface area (TPSA) is 29.1 Å². The molecule has 1 N–H and O–H groups in total. The predicted octanol–water partition coefficient (Wildman–Crippen LogP) is 4.45. The molecule has 0 aromatic heterocycles. The van der Waals surface area contributed by atoms with E-state index in [1.165, 1.54) is 10.5 Å².